The van der Waals surface area contributed by atoms with Crippen LogP contribution in [0.1, 0.15) is 62.6 Å². The van der Waals surface area contributed by atoms with E-state index in [1.165, 1.54) is 56.3 Å². The molecule has 2 saturated heterocycles. The van der Waals surface area contributed by atoms with Crippen molar-refractivity contribution < 1.29 is 4.79 Å². The van der Waals surface area contributed by atoms with Crippen LogP contribution in [0.5, 0.6) is 0 Å². The predicted molar refractivity (Wildman–Crippen MR) is 109 cm³/mol. The summed E-state index contributed by atoms with van der Waals surface area (Å²) in [5.74, 6) is 0.552. The second kappa shape index (κ2) is 8.76. The van der Waals surface area contributed by atoms with Gasteiger partial charge in [0.15, 0.2) is 0 Å². The Kier molecular flexibility index (Phi) is 6.14. The lowest BCUT2D eigenvalue weighted by Gasteiger charge is -2.45. The van der Waals surface area contributed by atoms with Gasteiger partial charge in [-0.25, -0.2) is 4.68 Å². The van der Waals surface area contributed by atoms with Gasteiger partial charge in [-0.1, -0.05) is 12.8 Å². The van der Waals surface area contributed by atoms with Crippen molar-refractivity contribution in [2.45, 2.75) is 76.8 Å². The van der Waals surface area contributed by atoms with Crippen molar-refractivity contribution >= 4 is 5.91 Å². The van der Waals surface area contributed by atoms with Gasteiger partial charge in [0.25, 0.3) is 5.56 Å². The van der Waals surface area contributed by atoms with E-state index in [1.54, 1.807) is 6.07 Å². The zero-order valence-electron chi connectivity index (χ0n) is 17.2. The van der Waals surface area contributed by atoms with E-state index in [9.17, 15) is 9.59 Å². The summed E-state index contributed by atoms with van der Waals surface area (Å²) < 4.78 is 1.39. The number of nitrogens with zero attached hydrogens (tertiary/aromatic N) is 4. The summed E-state index contributed by atoms with van der Waals surface area (Å²) in [6.07, 6.45) is 11.6. The van der Waals surface area contributed by atoms with Gasteiger partial charge in [-0.2, -0.15) is 5.10 Å². The molecule has 28 heavy (non-hydrogen) atoms. The van der Waals surface area contributed by atoms with Gasteiger partial charge in [-0.3, -0.25) is 9.59 Å². The Hall–Kier alpha value is -1.69. The molecule has 3 aliphatic rings. The third kappa shape index (κ3) is 4.32. The van der Waals surface area contributed by atoms with Gasteiger partial charge in [0, 0.05) is 25.7 Å². The van der Waals surface area contributed by atoms with Crippen molar-refractivity contribution in [2.24, 2.45) is 5.92 Å². The highest BCUT2D eigenvalue weighted by Crippen LogP contribution is 2.31. The topological polar surface area (TPSA) is 58.4 Å². The fourth-order valence-corrected chi connectivity index (χ4v) is 5.38. The summed E-state index contributed by atoms with van der Waals surface area (Å²) in [5, 5.41) is 4.56. The van der Waals surface area contributed by atoms with Crippen molar-refractivity contribution in [2.75, 3.05) is 26.7 Å². The number of amides is 1. The molecule has 0 radical (unpaired) electrons. The van der Waals surface area contributed by atoms with E-state index in [-0.39, 0.29) is 18.0 Å². The second-order valence-corrected chi connectivity index (χ2v) is 8.95. The molecule has 1 amide bonds. The Morgan fingerprint density at radius 2 is 1.93 bits per heavy atom. The highest BCUT2D eigenvalue weighted by molar-refractivity contribution is 5.75. The molecule has 0 bridgehead atoms. The number of rotatable bonds is 4. The van der Waals surface area contributed by atoms with E-state index in [2.05, 4.69) is 10.00 Å². The van der Waals surface area contributed by atoms with Gasteiger partial charge in [-0.15, -0.1) is 0 Å². The number of piperidine rings is 2. The molecule has 0 aromatic carbocycles. The molecule has 154 valence electrons. The van der Waals surface area contributed by atoms with Gasteiger partial charge < -0.3 is 9.80 Å². The molecule has 3 heterocycles. The van der Waals surface area contributed by atoms with Gasteiger partial charge in [-0.05, 0) is 75.9 Å². The molecular weight excluding hydrogens is 352 g/mol. The van der Waals surface area contributed by atoms with Gasteiger partial charge in [0.1, 0.15) is 6.54 Å². The molecular formula is C22H34N4O2. The summed E-state index contributed by atoms with van der Waals surface area (Å²) in [5.41, 5.74) is 1.95. The van der Waals surface area contributed by atoms with Crippen LogP contribution in [0.4, 0.5) is 0 Å². The number of aryl methyl sites for hydroxylation is 2. The monoisotopic (exact) mass is 386 g/mol. The largest absolute Gasteiger partial charge is 0.344 e. The van der Waals surface area contributed by atoms with Crippen molar-refractivity contribution in [1.29, 1.82) is 0 Å². The Balaban J connectivity index is 1.40. The van der Waals surface area contributed by atoms with Crippen LogP contribution >= 0.6 is 0 Å². The van der Waals surface area contributed by atoms with E-state index in [0.29, 0.717) is 12.0 Å². The molecule has 6 heteroatoms. The molecule has 0 saturated carbocycles. The first-order chi connectivity index (χ1) is 13.6. The molecule has 1 aromatic rings. The van der Waals surface area contributed by atoms with Crippen molar-refractivity contribution in [3.8, 4) is 0 Å². The average molecular weight is 387 g/mol. The zero-order valence-corrected chi connectivity index (χ0v) is 17.2. The first-order valence-electron chi connectivity index (χ1n) is 11.2. The van der Waals surface area contributed by atoms with Crippen LogP contribution in [-0.4, -0.2) is 58.2 Å². The quantitative estimate of drug-likeness (QED) is 0.745. The van der Waals surface area contributed by atoms with Gasteiger partial charge in [0.2, 0.25) is 5.91 Å². The van der Waals surface area contributed by atoms with Crippen LogP contribution in [0.2, 0.25) is 0 Å². The molecule has 0 N–H and O–H groups in total. The normalized spacial score (nSPS) is 25.5. The minimum atomic E-state index is -0.140. The van der Waals surface area contributed by atoms with E-state index in [4.69, 9.17) is 0 Å². The summed E-state index contributed by atoms with van der Waals surface area (Å²) in [6, 6.07) is 2.34. The molecule has 0 spiro atoms. The third-order valence-corrected chi connectivity index (χ3v) is 6.97. The van der Waals surface area contributed by atoms with Gasteiger partial charge >= 0.3 is 0 Å². The molecule has 0 unspecified atom stereocenters. The minimum absolute atomic E-state index is 0.00361. The number of hydrogen-bond acceptors (Lipinski definition) is 4. The SMILES string of the molecule is CN(C[C@H]1CCCN2CCCC[C@@H]12)C(=O)Cn1nc2c(cc1=O)CCCCC2. The highest BCUT2D eigenvalue weighted by atomic mass is 16.2. The maximum atomic E-state index is 12.8. The first-order valence-corrected chi connectivity index (χ1v) is 11.2. The highest BCUT2D eigenvalue weighted by Gasteiger charge is 2.34. The fraction of sp³-hybridized carbons (Fsp3) is 0.773. The van der Waals surface area contributed by atoms with Crippen molar-refractivity contribution in [3.05, 3.63) is 27.7 Å². The van der Waals surface area contributed by atoms with Crippen LogP contribution in [0, 0.1) is 5.92 Å². The molecule has 2 atom stereocenters. The van der Waals surface area contributed by atoms with Crippen LogP contribution in [-0.2, 0) is 24.2 Å². The summed E-state index contributed by atoms with van der Waals surface area (Å²) in [6.45, 7) is 3.28. The maximum Gasteiger partial charge on any atom is 0.267 e. The van der Waals surface area contributed by atoms with E-state index < -0.39 is 0 Å². The smallest absolute Gasteiger partial charge is 0.267 e. The van der Waals surface area contributed by atoms with E-state index in [0.717, 1.165) is 43.5 Å². The van der Waals surface area contributed by atoms with Crippen LogP contribution in [0.15, 0.2) is 10.9 Å². The molecule has 2 aliphatic heterocycles. The number of aromatic nitrogens is 2. The van der Waals surface area contributed by atoms with E-state index in [1.807, 2.05) is 11.9 Å². The minimum Gasteiger partial charge on any atom is -0.344 e. The summed E-state index contributed by atoms with van der Waals surface area (Å²) in [4.78, 5) is 29.8. The van der Waals surface area contributed by atoms with E-state index >= 15 is 0 Å². The molecule has 1 aromatic heterocycles. The predicted octanol–water partition coefficient (Wildman–Crippen LogP) is 2.24. The summed E-state index contributed by atoms with van der Waals surface area (Å²) >= 11 is 0. The molecule has 4 rings (SSSR count). The Morgan fingerprint density at radius 1 is 1.11 bits per heavy atom. The van der Waals surface area contributed by atoms with Crippen molar-refractivity contribution in [1.82, 2.24) is 19.6 Å². The Bertz CT molecular complexity index is 757. The second-order valence-electron chi connectivity index (χ2n) is 8.95. The summed E-state index contributed by atoms with van der Waals surface area (Å²) in [7, 11) is 1.89. The van der Waals surface area contributed by atoms with Crippen molar-refractivity contribution in [3.63, 3.8) is 0 Å². The number of carbonyl (C=O) groups is 1. The lowest BCUT2D eigenvalue weighted by atomic mass is 9.83. The fourth-order valence-electron chi connectivity index (χ4n) is 5.38. The first kappa shape index (κ1) is 19.6. The van der Waals surface area contributed by atoms with Gasteiger partial charge in [0.05, 0.1) is 5.69 Å². The molecule has 1 aliphatic carbocycles. The Morgan fingerprint density at radius 3 is 2.82 bits per heavy atom. The lowest BCUT2D eigenvalue weighted by molar-refractivity contribution is -0.132. The zero-order chi connectivity index (χ0) is 19.5. The maximum absolute atomic E-state index is 12.8. The average Bonchev–Trinajstić information content (AvgIpc) is 2.93. The van der Waals surface area contributed by atoms with Crippen LogP contribution < -0.4 is 5.56 Å². The number of fused-ring (bicyclic) bond motifs is 2. The van der Waals surface area contributed by atoms with Crippen LogP contribution in [0.3, 0.4) is 0 Å². The number of carbonyl (C=O) groups excluding carboxylic acids is 1. The lowest BCUT2D eigenvalue weighted by Crippen LogP contribution is -2.51. The standard InChI is InChI=1S/C22H34N4O2/c1-24(15-18-9-7-13-25-12-6-5-11-20(18)25)22(28)16-26-21(27)14-17-8-3-2-4-10-19(17)23-26/h14,18,20H,2-13,15-16H2,1H3/t18-,20+/m1/s1. The molecule has 2 fully saturated rings. The van der Waals surface area contributed by atoms with Crippen LogP contribution in [0.25, 0.3) is 0 Å². The number of hydrogen-bond donors (Lipinski definition) is 0. The number of likely N-dealkylation sites (N-methyl/N-ethyl adjacent to an activating group) is 1. The third-order valence-electron chi connectivity index (χ3n) is 6.97. The Labute approximate surface area is 167 Å². The molecule has 6 nitrogen and oxygen atoms in total.